The summed E-state index contributed by atoms with van der Waals surface area (Å²) in [5, 5.41) is 6.07. The van der Waals surface area contributed by atoms with Crippen LogP contribution in [0.4, 0.5) is 5.69 Å². The molecule has 2 N–H and O–H groups in total. The van der Waals surface area contributed by atoms with Crippen molar-refractivity contribution >= 4 is 11.6 Å². The van der Waals surface area contributed by atoms with Crippen LogP contribution >= 0.6 is 0 Å². The molecule has 5 nitrogen and oxygen atoms in total. The predicted molar refractivity (Wildman–Crippen MR) is 99.8 cm³/mol. The number of carbonyl (C=O) groups is 1. The molecule has 0 atom stereocenters. The van der Waals surface area contributed by atoms with E-state index in [0.29, 0.717) is 5.56 Å². The molecule has 0 unspecified atom stereocenters. The Bertz CT molecular complexity index is 677. The largest absolute Gasteiger partial charge is 0.378 e. The molecule has 1 aliphatic rings. The fraction of sp³-hybridized carbons (Fsp3) is 0.350. The molecular formula is C20H25N3O2. The maximum atomic E-state index is 11.5. The van der Waals surface area contributed by atoms with Crippen molar-refractivity contribution in [1.82, 2.24) is 10.6 Å². The lowest BCUT2D eigenvalue weighted by molar-refractivity contribution is 0.0963. The van der Waals surface area contributed by atoms with E-state index in [1.54, 1.807) is 7.05 Å². The van der Waals surface area contributed by atoms with Crippen LogP contribution < -0.4 is 15.5 Å². The summed E-state index contributed by atoms with van der Waals surface area (Å²) in [6, 6.07) is 16.4. The first-order valence-corrected chi connectivity index (χ1v) is 8.69. The minimum absolute atomic E-state index is 0.0557. The number of hydrogen-bond acceptors (Lipinski definition) is 4. The van der Waals surface area contributed by atoms with Gasteiger partial charge in [-0.15, -0.1) is 0 Å². The molecule has 1 saturated heterocycles. The zero-order valence-electron chi connectivity index (χ0n) is 14.6. The summed E-state index contributed by atoms with van der Waals surface area (Å²) < 4.78 is 5.39. The van der Waals surface area contributed by atoms with Gasteiger partial charge < -0.3 is 20.3 Å². The summed E-state index contributed by atoms with van der Waals surface area (Å²) >= 11 is 0. The molecule has 0 aliphatic carbocycles. The van der Waals surface area contributed by atoms with Crippen molar-refractivity contribution < 1.29 is 9.53 Å². The maximum absolute atomic E-state index is 11.5. The van der Waals surface area contributed by atoms with Crippen molar-refractivity contribution in [2.24, 2.45) is 0 Å². The highest BCUT2D eigenvalue weighted by atomic mass is 16.5. The summed E-state index contributed by atoms with van der Waals surface area (Å²) in [6.45, 7) is 5.14. The van der Waals surface area contributed by atoms with Crippen molar-refractivity contribution in [3.05, 3.63) is 65.2 Å². The fourth-order valence-corrected chi connectivity index (χ4v) is 2.92. The lowest BCUT2D eigenvalue weighted by Gasteiger charge is -2.28. The van der Waals surface area contributed by atoms with Gasteiger partial charge in [0, 0.05) is 44.5 Å². The van der Waals surface area contributed by atoms with Crippen LogP contribution in [0.3, 0.4) is 0 Å². The molecule has 3 rings (SSSR count). The number of carbonyl (C=O) groups excluding carboxylic acids is 1. The van der Waals surface area contributed by atoms with Gasteiger partial charge in [0.1, 0.15) is 0 Å². The molecule has 25 heavy (non-hydrogen) atoms. The van der Waals surface area contributed by atoms with Gasteiger partial charge in [-0.25, -0.2) is 0 Å². The average molecular weight is 339 g/mol. The lowest BCUT2D eigenvalue weighted by Crippen LogP contribution is -2.36. The number of anilines is 1. The standard InChI is InChI=1S/C20H25N3O2/c1-21-20(24)18-6-2-16(3-7-18)14-22-15-17-4-8-19(9-5-17)23-10-12-25-13-11-23/h2-9,22H,10-15H2,1H3,(H,21,24). The smallest absolute Gasteiger partial charge is 0.251 e. The SMILES string of the molecule is CNC(=O)c1ccc(CNCc2ccc(N3CCOCC3)cc2)cc1. The molecule has 0 aromatic heterocycles. The van der Waals surface area contributed by atoms with E-state index in [4.69, 9.17) is 4.74 Å². The number of morpholine rings is 1. The fourth-order valence-electron chi connectivity index (χ4n) is 2.92. The van der Waals surface area contributed by atoms with Crippen LogP contribution in [0.25, 0.3) is 0 Å². The molecular weight excluding hydrogens is 314 g/mol. The summed E-state index contributed by atoms with van der Waals surface area (Å²) in [7, 11) is 1.64. The number of hydrogen-bond donors (Lipinski definition) is 2. The highest BCUT2D eigenvalue weighted by Crippen LogP contribution is 2.16. The van der Waals surface area contributed by atoms with Gasteiger partial charge in [-0.05, 0) is 35.4 Å². The van der Waals surface area contributed by atoms with E-state index in [9.17, 15) is 4.79 Å². The van der Waals surface area contributed by atoms with E-state index in [-0.39, 0.29) is 5.91 Å². The predicted octanol–water partition coefficient (Wildman–Crippen LogP) is 2.17. The number of nitrogens with one attached hydrogen (secondary N) is 2. The third kappa shape index (κ3) is 4.81. The Balaban J connectivity index is 1.47. The van der Waals surface area contributed by atoms with Crippen molar-refractivity contribution in [3.63, 3.8) is 0 Å². The Morgan fingerprint density at radius 1 is 0.960 bits per heavy atom. The Kier molecular flexibility index (Phi) is 6.04. The van der Waals surface area contributed by atoms with Crippen molar-refractivity contribution in [2.45, 2.75) is 13.1 Å². The van der Waals surface area contributed by atoms with Gasteiger partial charge in [0.05, 0.1) is 13.2 Å². The van der Waals surface area contributed by atoms with E-state index < -0.39 is 0 Å². The minimum atomic E-state index is -0.0557. The van der Waals surface area contributed by atoms with Gasteiger partial charge in [-0.3, -0.25) is 4.79 Å². The molecule has 2 aromatic carbocycles. The van der Waals surface area contributed by atoms with Gasteiger partial charge >= 0.3 is 0 Å². The molecule has 1 aliphatic heterocycles. The Morgan fingerprint density at radius 2 is 1.52 bits per heavy atom. The topological polar surface area (TPSA) is 53.6 Å². The van der Waals surface area contributed by atoms with E-state index in [1.807, 2.05) is 24.3 Å². The van der Waals surface area contributed by atoms with Crippen LogP contribution in [-0.4, -0.2) is 39.3 Å². The number of benzene rings is 2. The van der Waals surface area contributed by atoms with Gasteiger partial charge in [-0.1, -0.05) is 24.3 Å². The molecule has 1 fully saturated rings. The zero-order valence-corrected chi connectivity index (χ0v) is 14.6. The molecule has 2 aromatic rings. The van der Waals surface area contributed by atoms with Crippen LogP contribution in [0.15, 0.2) is 48.5 Å². The zero-order chi connectivity index (χ0) is 17.5. The van der Waals surface area contributed by atoms with Gasteiger partial charge in [0.25, 0.3) is 5.91 Å². The first-order chi connectivity index (χ1) is 12.3. The summed E-state index contributed by atoms with van der Waals surface area (Å²) in [6.07, 6.45) is 0. The van der Waals surface area contributed by atoms with Crippen molar-refractivity contribution in [2.75, 3.05) is 38.3 Å². The van der Waals surface area contributed by atoms with Gasteiger partial charge in [-0.2, -0.15) is 0 Å². The molecule has 132 valence electrons. The quantitative estimate of drug-likeness (QED) is 0.847. The van der Waals surface area contributed by atoms with Crippen LogP contribution in [0.1, 0.15) is 21.5 Å². The van der Waals surface area contributed by atoms with Gasteiger partial charge in [0.15, 0.2) is 0 Å². The molecule has 0 bridgehead atoms. The third-order valence-corrected chi connectivity index (χ3v) is 4.41. The molecule has 0 spiro atoms. The second-order valence-corrected chi connectivity index (χ2v) is 6.15. The van der Waals surface area contributed by atoms with Crippen LogP contribution in [0.5, 0.6) is 0 Å². The van der Waals surface area contributed by atoms with E-state index in [2.05, 4.69) is 39.8 Å². The Hall–Kier alpha value is -2.37. The summed E-state index contributed by atoms with van der Waals surface area (Å²) in [5.74, 6) is -0.0557. The Morgan fingerprint density at radius 3 is 2.08 bits per heavy atom. The van der Waals surface area contributed by atoms with Crippen LogP contribution in [0, 0.1) is 0 Å². The highest BCUT2D eigenvalue weighted by Gasteiger charge is 2.10. The third-order valence-electron chi connectivity index (χ3n) is 4.41. The first kappa shape index (κ1) is 17.5. The Labute approximate surface area is 149 Å². The first-order valence-electron chi connectivity index (χ1n) is 8.69. The maximum Gasteiger partial charge on any atom is 0.251 e. The van der Waals surface area contributed by atoms with Crippen LogP contribution in [0.2, 0.25) is 0 Å². The monoisotopic (exact) mass is 339 g/mol. The van der Waals surface area contributed by atoms with E-state index in [1.165, 1.54) is 11.3 Å². The van der Waals surface area contributed by atoms with Crippen LogP contribution in [-0.2, 0) is 17.8 Å². The highest BCUT2D eigenvalue weighted by molar-refractivity contribution is 5.93. The average Bonchev–Trinajstić information content (AvgIpc) is 2.69. The molecule has 0 radical (unpaired) electrons. The number of nitrogens with zero attached hydrogens (tertiary/aromatic N) is 1. The number of amides is 1. The minimum Gasteiger partial charge on any atom is -0.378 e. The lowest BCUT2D eigenvalue weighted by atomic mass is 10.1. The molecule has 0 saturated carbocycles. The molecule has 1 heterocycles. The van der Waals surface area contributed by atoms with Crippen molar-refractivity contribution in [3.8, 4) is 0 Å². The second kappa shape index (κ2) is 8.65. The van der Waals surface area contributed by atoms with Gasteiger partial charge in [0.2, 0.25) is 0 Å². The second-order valence-electron chi connectivity index (χ2n) is 6.15. The molecule has 5 heteroatoms. The van der Waals surface area contributed by atoms with Crippen molar-refractivity contribution in [1.29, 1.82) is 0 Å². The normalized spacial score (nSPS) is 14.4. The van der Waals surface area contributed by atoms with E-state index >= 15 is 0 Å². The molecule has 1 amide bonds. The summed E-state index contributed by atoms with van der Waals surface area (Å²) in [5.41, 5.74) is 4.37. The summed E-state index contributed by atoms with van der Waals surface area (Å²) in [4.78, 5) is 13.9. The van der Waals surface area contributed by atoms with E-state index in [0.717, 1.165) is 45.0 Å². The number of ether oxygens (including phenoxy) is 1. The number of rotatable bonds is 6.